The van der Waals surface area contributed by atoms with Crippen LogP contribution in [0.3, 0.4) is 0 Å². The summed E-state index contributed by atoms with van der Waals surface area (Å²) in [6.07, 6.45) is 1.76. The second-order valence-electron chi connectivity index (χ2n) is 7.19. The smallest absolute Gasteiger partial charge is 0.243 e. The number of imidazole rings is 1. The normalized spacial score (nSPS) is 14.9. The number of ether oxygens (including phenoxy) is 1. The van der Waals surface area contributed by atoms with Gasteiger partial charge in [-0.3, -0.25) is 4.79 Å². The largest absolute Gasteiger partial charge is 0.383 e. The first-order chi connectivity index (χ1) is 14.3. The van der Waals surface area contributed by atoms with E-state index >= 15 is 0 Å². The number of thioether (sulfide) groups is 1. The summed E-state index contributed by atoms with van der Waals surface area (Å²) in [5, 5.41) is 3.56. The van der Waals surface area contributed by atoms with Crippen LogP contribution < -0.4 is 5.32 Å². The van der Waals surface area contributed by atoms with Gasteiger partial charge in [0.1, 0.15) is 0 Å². The molecule has 0 aliphatic carbocycles. The van der Waals surface area contributed by atoms with E-state index < -0.39 is 10.0 Å². The van der Waals surface area contributed by atoms with Crippen LogP contribution in [0.5, 0.6) is 0 Å². The quantitative estimate of drug-likeness (QED) is 0.588. The molecule has 1 fully saturated rings. The SMILES string of the molecule is COCCn1c(SCC(=O)Nc2cccc(S(=O)(=O)N3CCCC3)c2)nc(C)c1C. The number of sulfonamides is 1. The highest BCUT2D eigenvalue weighted by Gasteiger charge is 2.27. The van der Waals surface area contributed by atoms with E-state index in [-0.39, 0.29) is 16.6 Å². The van der Waals surface area contributed by atoms with Crippen molar-refractivity contribution >= 4 is 33.4 Å². The number of aryl methyl sites for hydroxylation is 1. The summed E-state index contributed by atoms with van der Waals surface area (Å²) in [4.78, 5) is 17.2. The molecule has 8 nitrogen and oxygen atoms in total. The molecule has 1 aliphatic rings. The van der Waals surface area contributed by atoms with Gasteiger partial charge in [0.25, 0.3) is 0 Å². The molecule has 1 aromatic carbocycles. The summed E-state index contributed by atoms with van der Waals surface area (Å²) < 4.78 is 34.1. The Bertz CT molecular complexity index is 998. The number of benzene rings is 1. The maximum atomic E-state index is 12.7. The Morgan fingerprint density at radius 3 is 2.70 bits per heavy atom. The average molecular weight is 453 g/mol. The van der Waals surface area contributed by atoms with E-state index in [1.54, 1.807) is 25.3 Å². The third-order valence-electron chi connectivity index (χ3n) is 5.09. The first-order valence-electron chi connectivity index (χ1n) is 9.88. The molecule has 0 radical (unpaired) electrons. The van der Waals surface area contributed by atoms with Crippen LogP contribution in [0.2, 0.25) is 0 Å². The number of nitrogens with one attached hydrogen (secondary N) is 1. The lowest BCUT2D eigenvalue weighted by atomic mass is 10.3. The van der Waals surface area contributed by atoms with Crippen molar-refractivity contribution in [3.8, 4) is 0 Å². The summed E-state index contributed by atoms with van der Waals surface area (Å²) >= 11 is 1.35. The van der Waals surface area contributed by atoms with Gasteiger partial charge in [-0.05, 0) is 44.9 Å². The molecule has 3 rings (SSSR count). The van der Waals surface area contributed by atoms with E-state index in [2.05, 4.69) is 10.3 Å². The highest BCUT2D eigenvalue weighted by atomic mass is 32.2. The molecule has 0 saturated carbocycles. The number of anilines is 1. The lowest BCUT2D eigenvalue weighted by Crippen LogP contribution is -2.28. The molecule has 0 spiro atoms. The number of amides is 1. The Kier molecular flexibility index (Phi) is 7.56. The Balaban J connectivity index is 1.64. The van der Waals surface area contributed by atoms with Crippen molar-refractivity contribution in [2.24, 2.45) is 0 Å². The Labute approximate surface area is 182 Å². The number of carbonyl (C=O) groups excluding carboxylic acids is 1. The van der Waals surface area contributed by atoms with Crippen molar-refractivity contribution < 1.29 is 17.9 Å². The van der Waals surface area contributed by atoms with Gasteiger partial charge in [0.05, 0.1) is 22.9 Å². The van der Waals surface area contributed by atoms with Gasteiger partial charge in [0.2, 0.25) is 15.9 Å². The number of aromatic nitrogens is 2. The minimum absolute atomic E-state index is 0.173. The lowest BCUT2D eigenvalue weighted by Gasteiger charge is -2.16. The average Bonchev–Trinajstić information content (AvgIpc) is 3.35. The standard InChI is InChI=1S/C20H28N4O4S2/c1-15-16(2)24(11-12-28-3)20(21-15)29-14-19(25)22-17-7-6-8-18(13-17)30(26,27)23-9-4-5-10-23/h6-8,13H,4-5,9-12,14H2,1-3H3,(H,22,25). The number of nitrogens with zero attached hydrogens (tertiary/aromatic N) is 3. The predicted octanol–water partition coefficient (Wildman–Crippen LogP) is 2.66. The zero-order valence-electron chi connectivity index (χ0n) is 17.6. The van der Waals surface area contributed by atoms with E-state index in [0.717, 1.165) is 29.4 Å². The molecule has 0 bridgehead atoms. The van der Waals surface area contributed by atoms with E-state index in [1.165, 1.54) is 22.1 Å². The Morgan fingerprint density at radius 1 is 1.27 bits per heavy atom. The molecule has 2 aromatic rings. The zero-order valence-corrected chi connectivity index (χ0v) is 19.2. The van der Waals surface area contributed by atoms with Crippen molar-refractivity contribution in [3.05, 3.63) is 35.7 Å². The second kappa shape index (κ2) is 9.95. The third-order valence-corrected chi connectivity index (χ3v) is 7.97. The van der Waals surface area contributed by atoms with E-state index in [4.69, 9.17) is 4.74 Å². The monoisotopic (exact) mass is 452 g/mol. The van der Waals surface area contributed by atoms with E-state index in [0.29, 0.717) is 31.9 Å². The number of carbonyl (C=O) groups is 1. The molecule has 0 unspecified atom stereocenters. The lowest BCUT2D eigenvalue weighted by molar-refractivity contribution is -0.113. The second-order valence-corrected chi connectivity index (χ2v) is 10.1. The fraction of sp³-hybridized carbons (Fsp3) is 0.500. The molecule has 30 heavy (non-hydrogen) atoms. The highest BCUT2D eigenvalue weighted by molar-refractivity contribution is 7.99. The van der Waals surface area contributed by atoms with E-state index in [1.807, 2.05) is 18.4 Å². The molecule has 1 saturated heterocycles. The van der Waals surface area contributed by atoms with Crippen molar-refractivity contribution in [1.82, 2.24) is 13.9 Å². The zero-order chi connectivity index (χ0) is 21.7. The number of methoxy groups -OCH3 is 1. The van der Waals surface area contributed by atoms with Gasteiger partial charge in [-0.15, -0.1) is 0 Å². The van der Waals surface area contributed by atoms with Gasteiger partial charge >= 0.3 is 0 Å². The molecule has 10 heteroatoms. The first kappa shape index (κ1) is 22.8. The first-order valence-corrected chi connectivity index (χ1v) is 12.3. The van der Waals surface area contributed by atoms with Crippen LogP contribution in [-0.2, 0) is 26.1 Å². The fourth-order valence-electron chi connectivity index (χ4n) is 3.32. The third kappa shape index (κ3) is 5.23. The van der Waals surface area contributed by atoms with Crippen LogP contribution in [0.25, 0.3) is 0 Å². The van der Waals surface area contributed by atoms with Gasteiger partial charge in [-0.1, -0.05) is 17.8 Å². The Hall–Kier alpha value is -1.88. The van der Waals surface area contributed by atoms with Crippen LogP contribution in [0.15, 0.2) is 34.3 Å². The molecular weight excluding hydrogens is 424 g/mol. The van der Waals surface area contributed by atoms with E-state index in [9.17, 15) is 13.2 Å². The maximum absolute atomic E-state index is 12.7. The molecule has 1 N–H and O–H groups in total. The van der Waals surface area contributed by atoms with Crippen LogP contribution in [0.1, 0.15) is 24.2 Å². The number of hydrogen-bond acceptors (Lipinski definition) is 6. The fourth-order valence-corrected chi connectivity index (χ4v) is 5.80. The van der Waals surface area contributed by atoms with Gasteiger partial charge in [0, 0.05) is 38.1 Å². The van der Waals surface area contributed by atoms with Crippen molar-refractivity contribution in [3.63, 3.8) is 0 Å². The van der Waals surface area contributed by atoms with Crippen molar-refractivity contribution in [2.75, 3.05) is 37.9 Å². The molecule has 1 amide bonds. The molecule has 1 aromatic heterocycles. The summed E-state index contributed by atoms with van der Waals surface area (Å²) in [6.45, 7) is 6.26. The summed E-state index contributed by atoms with van der Waals surface area (Å²) in [5.41, 5.74) is 2.44. The van der Waals surface area contributed by atoms with Gasteiger partial charge in [0.15, 0.2) is 5.16 Å². The predicted molar refractivity (Wildman–Crippen MR) is 117 cm³/mol. The van der Waals surface area contributed by atoms with Crippen LogP contribution >= 0.6 is 11.8 Å². The molecular formula is C20H28N4O4S2. The van der Waals surface area contributed by atoms with Crippen molar-refractivity contribution in [1.29, 1.82) is 0 Å². The number of rotatable bonds is 9. The van der Waals surface area contributed by atoms with Crippen LogP contribution in [0, 0.1) is 13.8 Å². The highest BCUT2D eigenvalue weighted by Crippen LogP contribution is 2.24. The summed E-state index contributed by atoms with van der Waals surface area (Å²) in [6, 6.07) is 6.43. The summed E-state index contributed by atoms with van der Waals surface area (Å²) in [5.74, 6) is -0.0428. The molecule has 2 heterocycles. The van der Waals surface area contributed by atoms with Crippen LogP contribution in [-0.4, -0.2) is 60.7 Å². The maximum Gasteiger partial charge on any atom is 0.243 e. The van der Waals surface area contributed by atoms with Crippen LogP contribution in [0.4, 0.5) is 5.69 Å². The minimum Gasteiger partial charge on any atom is -0.383 e. The van der Waals surface area contributed by atoms with Gasteiger partial charge in [-0.2, -0.15) is 4.31 Å². The molecule has 0 atom stereocenters. The Morgan fingerprint density at radius 2 is 2.00 bits per heavy atom. The number of hydrogen-bond donors (Lipinski definition) is 1. The minimum atomic E-state index is -3.52. The summed E-state index contributed by atoms with van der Waals surface area (Å²) in [7, 11) is -1.87. The van der Waals surface area contributed by atoms with Gasteiger partial charge < -0.3 is 14.6 Å². The van der Waals surface area contributed by atoms with Crippen molar-refractivity contribution in [2.45, 2.75) is 43.3 Å². The molecule has 164 valence electrons. The van der Waals surface area contributed by atoms with Gasteiger partial charge in [-0.25, -0.2) is 13.4 Å². The topological polar surface area (TPSA) is 93.5 Å². The molecule has 1 aliphatic heterocycles.